The summed E-state index contributed by atoms with van der Waals surface area (Å²) in [6.07, 6.45) is 0.880. The van der Waals surface area contributed by atoms with Crippen molar-refractivity contribution in [2.75, 3.05) is 6.61 Å². The van der Waals surface area contributed by atoms with Crippen molar-refractivity contribution < 1.29 is 13.9 Å². The van der Waals surface area contributed by atoms with Gasteiger partial charge in [0.25, 0.3) is 5.91 Å². The number of amides is 1. The van der Waals surface area contributed by atoms with Gasteiger partial charge in [-0.3, -0.25) is 9.59 Å². The summed E-state index contributed by atoms with van der Waals surface area (Å²) in [7, 11) is 0. The minimum absolute atomic E-state index is 0.0804. The molecule has 0 saturated heterocycles. The minimum Gasteiger partial charge on any atom is -0.494 e. The number of halogens is 1. The molecule has 3 aromatic carbocycles. The Morgan fingerprint density at radius 1 is 1.03 bits per heavy atom. The number of ether oxygens (including phenoxy) is 1. The molecule has 0 saturated carbocycles. The van der Waals surface area contributed by atoms with Gasteiger partial charge < -0.3 is 14.1 Å². The first-order chi connectivity index (χ1) is 16.5. The third-order valence-corrected chi connectivity index (χ3v) is 6.28. The van der Waals surface area contributed by atoms with E-state index in [2.05, 4.69) is 0 Å². The van der Waals surface area contributed by atoms with Crippen LogP contribution in [0.25, 0.3) is 11.0 Å². The maximum atomic E-state index is 13.7. The number of rotatable bonds is 6. The maximum absolute atomic E-state index is 13.7. The second kappa shape index (κ2) is 8.99. The molecule has 1 amide bonds. The van der Waals surface area contributed by atoms with Gasteiger partial charge in [0.05, 0.1) is 23.6 Å². The molecule has 5 nitrogen and oxygen atoms in total. The summed E-state index contributed by atoms with van der Waals surface area (Å²) >= 11 is 6.17. The summed E-state index contributed by atoms with van der Waals surface area (Å²) in [5.74, 6) is 0.468. The molecule has 4 aromatic rings. The quantitative estimate of drug-likeness (QED) is 0.330. The molecule has 0 fully saturated rings. The molecule has 1 aromatic heterocycles. The highest BCUT2D eigenvalue weighted by atomic mass is 35.5. The molecule has 1 aliphatic heterocycles. The molecular weight excluding hydrogens is 450 g/mol. The largest absolute Gasteiger partial charge is 0.494 e. The van der Waals surface area contributed by atoms with Crippen LogP contribution in [0.1, 0.15) is 52.2 Å². The summed E-state index contributed by atoms with van der Waals surface area (Å²) in [6.45, 7) is 4.98. The molecule has 0 radical (unpaired) electrons. The van der Waals surface area contributed by atoms with Gasteiger partial charge in [-0.2, -0.15) is 0 Å². The van der Waals surface area contributed by atoms with E-state index in [-0.39, 0.29) is 17.1 Å². The fourth-order valence-electron chi connectivity index (χ4n) is 4.39. The minimum atomic E-state index is -0.603. The van der Waals surface area contributed by atoms with Crippen molar-refractivity contribution in [3.8, 4) is 5.75 Å². The fourth-order valence-corrected chi connectivity index (χ4v) is 4.56. The van der Waals surface area contributed by atoms with Crippen molar-refractivity contribution in [1.29, 1.82) is 0 Å². The van der Waals surface area contributed by atoms with Gasteiger partial charge in [0.1, 0.15) is 11.3 Å². The van der Waals surface area contributed by atoms with E-state index in [0.29, 0.717) is 40.5 Å². The summed E-state index contributed by atoms with van der Waals surface area (Å²) < 4.78 is 11.8. The third kappa shape index (κ3) is 3.97. The van der Waals surface area contributed by atoms with Gasteiger partial charge in [0.15, 0.2) is 5.43 Å². The summed E-state index contributed by atoms with van der Waals surface area (Å²) in [5.41, 5.74) is 3.33. The summed E-state index contributed by atoms with van der Waals surface area (Å²) in [6, 6.07) is 19.8. The van der Waals surface area contributed by atoms with Crippen molar-refractivity contribution in [1.82, 2.24) is 4.90 Å². The molecule has 5 rings (SSSR count). The van der Waals surface area contributed by atoms with Gasteiger partial charge in [0, 0.05) is 11.6 Å². The number of carbonyl (C=O) groups is 1. The molecule has 0 aliphatic carbocycles. The van der Waals surface area contributed by atoms with Crippen molar-refractivity contribution >= 4 is 28.5 Å². The second-order valence-electron chi connectivity index (χ2n) is 8.56. The van der Waals surface area contributed by atoms with Crippen LogP contribution in [-0.4, -0.2) is 17.4 Å². The van der Waals surface area contributed by atoms with Crippen molar-refractivity contribution in [2.45, 2.75) is 32.9 Å². The normalized spacial score (nSPS) is 15.1. The molecule has 34 heavy (non-hydrogen) atoms. The predicted octanol–water partition coefficient (Wildman–Crippen LogP) is 6.29. The first-order valence-electron chi connectivity index (χ1n) is 11.3. The first-order valence-corrected chi connectivity index (χ1v) is 11.7. The van der Waals surface area contributed by atoms with Crippen LogP contribution in [0.4, 0.5) is 0 Å². The zero-order valence-corrected chi connectivity index (χ0v) is 19.8. The SMILES string of the molecule is CCCOc1cccc(C2c3c(oc4ccc(Cl)cc4c3=O)C(=O)N2Cc2ccc(C)cc2)c1. The molecule has 6 heteroatoms. The van der Waals surface area contributed by atoms with Crippen LogP contribution in [0.5, 0.6) is 5.75 Å². The van der Waals surface area contributed by atoms with E-state index in [1.165, 1.54) is 0 Å². The predicted molar refractivity (Wildman–Crippen MR) is 133 cm³/mol. The molecule has 172 valence electrons. The molecule has 0 spiro atoms. The van der Waals surface area contributed by atoms with Crippen LogP contribution >= 0.6 is 11.6 Å². The average Bonchev–Trinajstić information content (AvgIpc) is 3.11. The number of nitrogens with zero attached hydrogens (tertiary/aromatic N) is 1. The van der Waals surface area contributed by atoms with Gasteiger partial charge in [-0.15, -0.1) is 0 Å². The number of carbonyl (C=O) groups excluding carboxylic acids is 1. The summed E-state index contributed by atoms with van der Waals surface area (Å²) in [5, 5.41) is 0.798. The van der Waals surface area contributed by atoms with E-state index in [0.717, 1.165) is 23.1 Å². The van der Waals surface area contributed by atoms with Crippen molar-refractivity contribution in [3.05, 3.63) is 110 Å². The number of hydrogen-bond donors (Lipinski definition) is 0. The highest BCUT2D eigenvalue weighted by Crippen LogP contribution is 2.40. The van der Waals surface area contributed by atoms with Crippen molar-refractivity contribution in [2.24, 2.45) is 0 Å². The van der Waals surface area contributed by atoms with E-state index in [9.17, 15) is 9.59 Å². The topological polar surface area (TPSA) is 59.8 Å². The van der Waals surface area contributed by atoms with E-state index in [1.807, 2.05) is 62.4 Å². The zero-order valence-electron chi connectivity index (χ0n) is 19.0. The van der Waals surface area contributed by atoms with E-state index in [1.54, 1.807) is 23.1 Å². The van der Waals surface area contributed by atoms with Crippen LogP contribution in [0, 0.1) is 6.92 Å². The van der Waals surface area contributed by atoms with Gasteiger partial charge in [0.2, 0.25) is 5.76 Å². The first kappa shape index (κ1) is 22.2. The zero-order chi connectivity index (χ0) is 23.8. The Bertz CT molecular complexity index is 1440. The monoisotopic (exact) mass is 473 g/mol. The number of fused-ring (bicyclic) bond motifs is 2. The Labute approximate surface area is 202 Å². The third-order valence-electron chi connectivity index (χ3n) is 6.05. The molecule has 2 heterocycles. The lowest BCUT2D eigenvalue weighted by Gasteiger charge is -2.25. The smallest absolute Gasteiger partial charge is 0.291 e. The number of hydrogen-bond acceptors (Lipinski definition) is 4. The molecule has 0 N–H and O–H groups in total. The summed E-state index contributed by atoms with van der Waals surface area (Å²) in [4.78, 5) is 29.0. The Kier molecular flexibility index (Phi) is 5.88. The number of benzene rings is 3. The van der Waals surface area contributed by atoms with Gasteiger partial charge in [-0.1, -0.05) is 60.5 Å². The van der Waals surface area contributed by atoms with Crippen LogP contribution in [0.2, 0.25) is 5.02 Å². The highest BCUT2D eigenvalue weighted by Gasteiger charge is 2.42. The van der Waals surface area contributed by atoms with E-state index in [4.69, 9.17) is 20.8 Å². The Morgan fingerprint density at radius 2 is 1.82 bits per heavy atom. The molecule has 1 atom stereocenters. The van der Waals surface area contributed by atoms with Crippen LogP contribution < -0.4 is 10.2 Å². The van der Waals surface area contributed by atoms with Gasteiger partial charge >= 0.3 is 0 Å². The molecule has 0 bridgehead atoms. The van der Waals surface area contributed by atoms with Crippen molar-refractivity contribution in [3.63, 3.8) is 0 Å². The van der Waals surface area contributed by atoms with Crippen LogP contribution in [0.15, 0.2) is 75.9 Å². The van der Waals surface area contributed by atoms with Crippen LogP contribution in [-0.2, 0) is 6.54 Å². The lowest BCUT2D eigenvalue weighted by molar-refractivity contribution is 0.0714. The van der Waals surface area contributed by atoms with Crippen LogP contribution in [0.3, 0.4) is 0 Å². The Balaban J connectivity index is 1.68. The Morgan fingerprint density at radius 3 is 2.59 bits per heavy atom. The lowest BCUT2D eigenvalue weighted by atomic mass is 9.98. The van der Waals surface area contributed by atoms with Gasteiger partial charge in [-0.05, 0) is 54.8 Å². The molecule has 1 aliphatic rings. The highest BCUT2D eigenvalue weighted by molar-refractivity contribution is 6.31. The maximum Gasteiger partial charge on any atom is 0.291 e. The average molecular weight is 474 g/mol. The van der Waals surface area contributed by atoms with E-state index < -0.39 is 6.04 Å². The number of aryl methyl sites for hydroxylation is 1. The Hall–Kier alpha value is -3.57. The lowest BCUT2D eigenvalue weighted by Crippen LogP contribution is -2.29. The van der Waals surface area contributed by atoms with Gasteiger partial charge in [-0.25, -0.2) is 0 Å². The standard InChI is InChI=1S/C28H24ClNO4/c1-3-13-33-21-6-4-5-19(14-21)25-24-26(31)22-15-20(29)11-12-23(22)34-27(24)28(32)30(25)16-18-9-7-17(2)8-10-18/h4-12,14-15,25H,3,13,16H2,1-2H3. The molecular formula is C28H24ClNO4. The molecule has 1 unspecified atom stereocenters. The fraction of sp³-hybridized carbons (Fsp3) is 0.214. The van der Waals surface area contributed by atoms with E-state index >= 15 is 0 Å². The second-order valence-corrected chi connectivity index (χ2v) is 8.99.